The Bertz CT molecular complexity index is 2670. The number of aliphatic hydroxyl groups is 2. The Balaban J connectivity index is 1.29. The number of Topliss-reactive ketones (excluding diaryl/α,β-unsaturated/α-hetero) is 2. The fourth-order valence-corrected chi connectivity index (χ4v) is 9.20. The lowest BCUT2D eigenvalue weighted by molar-refractivity contribution is -0.116. The molecule has 56 heavy (non-hydrogen) atoms. The van der Waals surface area contributed by atoms with E-state index in [-0.39, 0.29) is 32.3 Å². The third-order valence-electron chi connectivity index (χ3n) is 10.1. The van der Waals surface area contributed by atoms with Gasteiger partial charge in [-0.3, -0.25) is 19.0 Å². The van der Waals surface area contributed by atoms with E-state index in [4.69, 9.17) is 0 Å². The second-order valence-electron chi connectivity index (χ2n) is 13.5. The van der Waals surface area contributed by atoms with Crippen LogP contribution in [0, 0.1) is 0 Å². The third kappa shape index (κ3) is 6.64. The van der Waals surface area contributed by atoms with Crippen molar-refractivity contribution < 1.29 is 36.6 Å². The van der Waals surface area contributed by atoms with Crippen molar-refractivity contribution in [1.29, 1.82) is 0 Å². The number of aryl methyl sites for hydroxylation is 4. The van der Waals surface area contributed by atoms with Crippen LogP contribution in [-0.2, 0) is 55.3 Å². The molecule has 0 radical (unpaired) electrons. The highest BCUT2D eigenvalue weighted by Gasteiger charge is 2.40. The van der Waals surface area contributed by atoms with Crippen molar-refractivity contribution in [2.24, 2.45) is 0 Å². The number of anilines is 2. The summed E-state index contributed by atoms with van der Waals surface area (Å²) in [5.74, 6) is -3.83. The molecule has 0 amide bonds. The van der Waals surface area contributed by atoms with Gasteiger partial charge >= 0.3 is 0 Å². The fraction of sp³-hybridized carbons (Fsp3) is 0.190. The highest BCUT2D eigenvalue weighted by molar-refractivity contribution is 7.93. The average Bonchev–Trinajstić information content (AvgIpc) is 3.74. The van der Waals surface area contributed by atoms with Crippen molar-refractivity contribution in [2.75, 3.05) is 9.44 Å². The van der Waals surface area contributed by atoms with Crippen LogP contribution in [0.4, 0.5) is 11.4 Å². The number of hydrogen-bond acceptors (Lipinski definition) is 8. The van der Waals surface area contributed by atoms with Crippen LogP contribution < -0.4 is 9.44 Å². The van der Waals surface area contributed by atoms with Gasteiger partial charge in [-0.1, -0.05) is 52.0 Å². The number of rotatable bonds is 12. The quantitative estimate of drug-likeness (QED) is 0.0672. The molecule has 4 aromatic carbocycles. The maximum absolute atomic E-state index is 14.2. The number of nitrogens with one attached hydrogen (secondary N) is 4. The van der Waals surface area contributed by atoms with Crippen LogP contribution in [0.25, 0.3) is 33.0 Å². The first-order chi connectivity index (χ1) is 26.7. The Kier molecular flexibility index (Phi) is 9.89. The highest BCUT2D eigenvalue weighted by atomic mass is 32.2. The zero-order chi connectivity index (χ0) is 40.1. The molecule has 2 aromatic heterocycles. The maximum atomic E-state index is 14.2. The standard InChI is InChI=1S/C42H40N4O8S2/c1-5-23-9-15-27(16-10-23)55(51,52)45-25-13-19-33-29(21-25)35(31(7-3)43-33)37-39(47)41(49)38(42(50)40(37)48)36-30-22-26(14-20-34(30)44-32(36)8-4)46-56(53,54)28-17-11-24(6-2)12-18-28/h9-22,43-47,50H,5-8H2,1-4H3. The van der Waals surface area contributed by atoms with Gasteiger partial charge in [-0.2, -0.15) is 0 Å². The molecule has 7 rings (SSSR count). The van der Waals surface area contributed by atoms with E-state index in [1.54, 1.807) is 62.4 Å². The highest BCUT2D eigenvalue weighted by Crippen LogP contribution is 2.42. The van der Waals surface area contributed by atoms with Crippen molar-refractivity contribution in [3.63, 3.8) is 0 Å². The van der Waals surface area contributed by atoms with Crippen LogP contribution in [0.1, 0.15) is 61.3 Å². The summed E-state index contributed by atoms with van der Waals surface area (Å²) in [6.07, 6.45) is 2.15. The lowest BCUT2D eigenvalue weighted by atomic mass is 9.84. The summed E-state index contributed by atoms with van der Waals surface area (Å²) in [4.78, 5) is 35.0. The SMILES string of the molecule is CCc1ccc(S(=O)(=O)Nc2ccc3[nH]c(CC)c(C4=C(O)C(=O)C(c5c(CC)[nH]c6ccc(NS(=O)(=O)c7ccc(CC)cc7)cc56)=C(O)C4=O)c3c2)cc1. The molecule has 12 nitrogen and oxygen atoms in total. The Labute approximate surface area is 324 Å². The first-order valence-electron chi connectivity index (χ1n) is 18.2. The Morgan fingerprint density at radius 1 is 0.518 bits per heavy atom. The molecule has 1 aliphatic rings. The Morgan fingerprint density at radius 2 is 0.875 bits per heavy atom. The lowest BCUT2D eigenvalue weighted by Gasteiger charge is -2.19. The summed E-state index contributed by atoms with van der Waals surface area (Å²) in [6.45, 7) is 7.54. The van der Waals surface area contributed by atoms with Gasteiger partial charge < -0.3 is 20.2 Å². The number of carbonyl (C=O) groups excluding carboxylic acids is 2. The fourth-order valence-electron chi connectivity index (χ4n) is 7.10. The van der Waals surface area contributed by atoms with Crippen LogP contribution in [-0.4, -0.2) is 48.6 Å². The van der Waals surface area contributed by atoms with Crippen LogP contribution in [0.15, 0.2) is 106 Å². The molecular formula is C42H40N4O8S2. The monoisotopic (exact) mass is 792 g/mol. The number of fused-ring (bicyclic) bond motifs is 2. The van der Waals surface area contributed by atoms with Gasteiger partial charge in [0.15, 0.2) is 11.5 Å². The van der Waals surface area contributed by atoms with Gasteiger partial charge in [-0.25, -0.2) is 16.8 Å². The molecule has 0 spiro atoms. The minimum absolute atomic E-state index is 0.0595. The molecule has 0 saturated heterocycles. The number of benzene rings is 4. The average molecular weight is 793 g/mol. The van der Waals surface area contributed by atoms with E-state index in [0.29, 0.717) is 46.0 Å². The summed E-state index contributed by atoms with van der Waals surface area (Å²) >= 11 is 0. The number of allylic oxidation sites excluding steroid dienone is 2. The Morgan fingerprint density at radius 3 is 1.20 bits per heavy atom. The molecule has 6 N–H and O–H groups in total. The van der Waals surface area contributed by atoms with Crippen molar-refractivity contribution >= 4 is 75.9 Å². The number of carbonyl (C=O) groups is 2. The first kappa shape index (κ1) is 38.2. The normalized spacial score (nSPS) is 14.0. The van der Waals surface area contributed by atoms with E-state index < -0.39 is 54.3 Å². The van der Waals surface area contributed by atoms with E-state index in [1.807, 2.05) is 13.8 Å². The lowest BCUT2D eigenvalue weighted by Crippen LogP contribution is -2.23. The first-order valence-corrected chi connectivity index (χ1v) is 21.2. The Hall–Kier alpha value is -6.12. The number of H-pyrrole nitrogens is 2. The van der Waals surface area contributed by atoms with E-state index >= 15 is 0 Å². The summed E-state index contributed by atoms with van der Waals surface area (Å²) < 4.78 is 58.4. The second kappa shape index (κ2) is 14.5. The molecule has 0 atom stereocenters. The molecule has 288 valence electrons. The molecule has 0 aliphatic heterocycles. The summed E-state index contributed by atoms with van der Waals surface area (Å²) in [7, 11) is -8.00. The van der Waals surface area contributed by atoms with Crippen molar-refractivity contribution in [1.82, 2.24) is 9.97 Å². The predicted octanol–water partition coefficient (Wildman–Crippen LogP) is 7.89. The van der Waals surface area contributed by atoms with Crippen molar-refractivity contribution in [2.45, 2.75) is 63.2 Å². The van der Waals surface area contributed by atoms with Gasteiger partial charge in [0.1, 0.15) is 0 Å². The predicted molar refractivity (Wildman–Crippen MR) is 218 cm³/mol. The molecule has 0 unspecified atom stereocenters. The zero-order valence-corrected chi connectivity index (χ0v) is 32.7. The van der Waals surface area contributed by atoms with Gasteiger partial charge in [0.2, 0.25) is 11.6 Å². The largest absolute Gasteiger partial charge is 0.504 e. The molecule has 1 aliphatic carbocycles. The number of ketones is 2. The molecule has 6 aromatic rings. The minimum atomic E-state index is -4.00. The molecule has 2 heterocycles. The van der Waals surface area contributed by atoms with Crippen molar-refractivity contribution in [3.05, 3.63) is 130 Å². The molecule has 0 saturated carbocycles. The number of hydrogen-bond donors (Lipinski definition) is 6. The van der Waals surface area contributed by atoms with Crippen LogP contribution in [0.2, 0.25) is 0 Å². The van der Waals surface area contributed by atoms with Gasteiger partial charge in [-0.05, 0) is 97.5 Å². The summed E-state index contributed by atoms with van der Waals surface area (Å²) in [5, 5.41) is 23.9. The maximum Gasteiger partial charge on any atom is 0.261 e. The van der Waals surface area contributed by atoms with E-state index in [9.17, 15) is 36.6 Å². The van der Waals surface area contributed by atoms with Gasteiger partial charge in [-0.15, -0.1) is 0 Å². The topological polar surface area (TPSA) is 199 Å². The molecule has 0 bridgehead atoms. The minimum Gasteiger partial charge on any atom is -0.504 e. The van der Waals surface area contributed by atoms with Gasteiger partial charge in [0, 0.05) is 55.7 Å². The van der Waals surface area contributed by atoms with Crippen molar-refractivity contribution in [3.8, 4) is 0 Å². The van der Waals surface area contributed by atoms with Gasteiger partial charge in [0.25, 0.3) is 20.0 Å². The van der Waals surface area contributed by atoms with E-state index in [0.717, 1.165) is 24.0 Å². The smallest absolute Gasteiger partial charge is 0.261 e. The van der Waals surface area contributed by atoms with E-state index in [1.165, 1.54) is 36.4 Å². The number of aromatic amines is 2. The number of aromatic nitrogens is 2. The summed E-state index contributed by atoms with van der Waals surface area (Å²) in [5.41, 5.74) is 3.67. The second-order valence-corrected chi connectivity index (χ2v) is 16.9. The summed E-state index contributed by atoms with van der Waals surface area (Å²) in [6, 6.07) is 22.4. The molecular weight excluding hydrogens is 753 g/mol. The number of sulfonamides is 2. The molecule has 14 heteroatoms. The van der Waals surface area contributed by atoms with Gasteiger partial charge in [0.05, 0.1) is 20.9 Å². The van der Waals surface area contributed by atoms with Crippen LogP contribution in [0.5, 0.6) is 0 Å². The van der Waals surface area contributed by atoms with E-state index in [2.05, 4.69) is 19.4 Å². The van der Waals surface area contributed by atoms with Crippen LogP contribution >= 0.6 is 0 Å². The molecule has 0 fully saturated rings. The number of aliphatic hydroxyl groups excluding tert-OH is 2. The van der Waals surface area contributed by atoms with Crippen LogP contribution in [0.3, 0.4) is 0 Å². The third-order valence-corrected chi connectivity index (χ3v) is 12.9. The zero-order valence-electron chi connectivity index (χ0n) is 31.1.